The van der Waals surface area contributed by atoms with Gasteiger partial charge < -0.3 is 15.6 Å². The van der Waals surface area contributed by atoms with Crippen LogP contribution in [0.25, 0.3) is 0 Å². The van der Waals surface area contributed by atoms with E-state index in [2.05, 4.69) is 4.74 Å². The topological polar surface area (TPSA) is 72.6 Å². The van der Waals surface area contributed by atoms with Crippen LogP contribution in [-0.4, -0.2) is 11.2 Å². The lowest BCUT2D eigenvalue weighted by molar-refractivity contribution is 0.211. The minimum Gasteiger partial charge on any atom is -0.506 e. The van der Waals surface area contributed by atoms with Gasteiger partial charge >= 0.3 is 6.09 Å². The van der Waals surface area contributed by atoms with Gasteiger partial charge in [-0.05, 0) is 12.1 Å². The summed E-state index contributed by atoms with van der Waals surface area (Å²) in [5.41, 5.74) is 4.74. The highest BCUT2D eigenvalue weighted by Gasteiger charge is 2.02. The third-order valence-electron chi connectivity index (χ3n) is 1.14. The first-order chi connectivity index (χ1) is 5.59. The number of phenols is 1. The molecule has 0 aliphatic carbocycles. The molecular weight excluding hydrogens is 182 g/mol. The molecule has 1 aromatic rings. The van der Waals surface area contributed by atoms with Gasteiger partial charge in [0.1, 0.15) is 11.5 Å². The fourth-order valence-corrected chi connectivity index (χ4v) is 0.790. The Bertz CT molecular complexity index is 314. The molecule has 0 saturated heterocycles. The maximum Gasteiger partial charge on any atom is 0.409 e. The van der Waals surface area contributed by atoms with Gasteiger partial charge in [0.2, 0.25) is 0 Å². The lowest BCUT2D eigenvalue weighted by Crippen LogP contribution is -2.16. The number of nitrogens with two attached hydrogens (primary N) is 1. The van der Waals surface area contributed by atoms with E-state index in [1.807, 2.05) is 0 Å². The number of halogens is 1. The summed E-state index contributed by atoms with van der Waals surface area (Å²) in [6.45, 7) is 0. The number of primary amides is 1. The molecule has 0 aliphatic heterocycles. The van der Waals surface area contributed by atoms with Gasteiger partial charge in [0.15, 0.2) is 0 Å². The molecule has 1 rings (SSSR count). The van der Waals surface area contributed by atoms with Crippen LogP contribution in [0.2, 0.25) is 5.02 Å². The molecule has 0 aromatic heterocycles. The molecule has 0 heterocycles. The zero-order valence-electron chi connectivity index (χ0n) is 5.95. The third-order valence-corrected chi connectivity index (χ3v) is 1.46. The maximum atomic E-state index is 10.3. The molecule has 0 saturated carbocycles. The van der Waals surface area contributed by atoms with E-state index in [1.165, 1.54) is 18.2 Å². The molecule has 0 radical (unpaired) electrons. The van der Waals surface area contributed by atoms with Crippen LogP contribution in [-0.2, 0) is 0 Å². The van der Waals surface area contributed by atoms with Crippen LogP contribution in [0, 0.1) is 0 Å². The number of amides is 1. The van der Waals surface area contributed by atoms with Crippen molar-refractivity contribution in [1.82, 2.24) is 0 Å². The van der Waals surface area contributed by atoms with Gasteiger partial charge in [0.25, 0.3) is 0 Å². The van der Waals surface area contributed by atoms with E-state index >= 15 is 0 Å². The zero-order chi connectivity index (χ0) is 9.14. The molecule has 12 heavy (non-hydrogen) atoms. The summed E-state index contributed by atoms with van der Waals surface area (Å²) in [6, 6.07) is 4.02. The van der Waals surface area contributed by atoms with Crippen LogP contribution in [0.3, 0.4) is 0 Å². The molecule has 3 N–H and O–H groups in total. The lowest BCUT2D eigenvalue weighted by atomic mass is 10.3. The summed E-state index contributed by atoms with van der Waals surface area (Å²) in [5.74, 6) is -0.000170. The molecule has 0 atom stereocenters. The van der Waals surface area contributed by atoms with Gasteiger partial charge in [-0.15, -0.1) is 0 Å². The van der Waals surface area contributed by atoms with Gasteiger partial charge in [-0.25, -0.2) is 4.79 Å². The number of ether oxygens (including phenoxy) is 1. The summed E-state index contributed by atoms with van der Waals surface area (Å²) in [7, 11) is 0. The van der Waals surface area contributed by atoms with Crippen molar-refractivity contribution in [1.29, 1.82) is 0 Å². The second-order valence-electron chi connectivity index (χ2n) is 2.03. The van der Waals surface area contributed by atoms with Gasteiger partial charge in [-0.3, -0.25) is 0 Å². The smallest absolute Gasteiger partial charge is 0.409 e. The fraction of sp³-hybridized carbons (Fsp3) is 0. The maximum absolute atomic E-state index is 10.3. The molecule has 0 bridgehead atoms. The predicted octanol–water partition coefficient (Wildman–Crippen LogP) is 1.50. The highest BCUT2D eigenvalue weighted by Crippen LogP contribution is 2.27. The minimum atomic E-state index is -0.934. The Labute approximate surface area is 73.5 Å². The average Bonchev–Trinajstić information content (AvgIpc) is 1.96. The second kappa shape index (κ2) is 3.32. The van der Waals surface area contributed by atoms with E-state index in [0.717, 1.165) is 0 Å². The van der Waals surface area contributed by atoms with Crippen molar-refractivity contribution in [2.24, 2.45) is 5.73 Å². The molecule has 0 aliphatic rings. The standard InChI is InChI=1S/C7H6ClNO3/c8-5-2-1-4(3-6(5)10)12-7(9)11/h1-3,10H,(H2,9,11). The first-order valence-electron chi connectivity index (χ1n) is 3.05. The van der Waals surface area contributed by atoms with Crippen molar-refractivity contribution in [3.05, 3.63) is 23.2 Å². The number of benzene rings is 1. The fourth-order valence-electron chi connectivity index (χ4n) is 0.672. The highest BCUT2D eigenvalue weighted by atomic mass is 35.5. The molecule has 64 valence electrons. The molecule has 4 nitrogen and oxygen atoms in total. The predicted molar refractivity (Wildman–Crippen MR) is 43.3 cm³/mol. The normalized spacial score (nSPS) is 9.42. The second-order valence-corrected chi connectivity index (χ2v) is 2.44. The largest absolute Gasteiger partial charge is 0.506 e. The van der Waals surface area contributed by atoms with Gasteiger partial charge in [0.05, 0.1) is 5.02 Å². The van der Waals surface area contributed by atoms with Crippen molar-refractivity contribution >= 4 is 17.7 Å². The van der Waals surface area contributed by atoms with Gasteiger partial charge in [0, 0.05) is 6.07 Å². The van der Waals surface area contributed by atoms with E-state index in [9.17, 15) is 4.79 Å². The van der Waals surface area contributed by atoms with E-state index < -0.39 is 6.09 Å². The van der Waals surface area contributed by atoms with Crippen molar-refractivity contribution in [3.63, 3.8) is 0 Å². The minimum absolute atomic E-state index is 0.157. The number of phenolic OH excluding ortho intramolecular Hbond substituents is 1. The Hall–Kier alpha value is -1.42. The Balaban J connectivity index is 2.89. The third kappa shape index (κ3) is 2.03. The SMILES string of the molecule is NC(=O)Oc1ccc(Cl)c(O)c1. The van der Waals surface area contributed by atoms with Crippen LogP contribution in [0.1, 0.15) is 0 Å². The Morgan fingerprint density at radius 2 is 2.25 bits per heavy atom. The van der Waals surface area contributed by atoms with E-state index in [1.54, 1.807) is 0 Å². The Kier molecular flexibility index (Phi) is 2.40. The molecule has 0 spiro atoms. The Morgan fingerprint density at radius 1 is 1.58 bits per heavy atom. The summed E-state index contributed by atoms with van der Waals surface area (Å²) in [6.07, 6.45) is -0.934. The summed E-state index contributed by atoms with van der Waals surface area (Å²) in [4.78, 5) is 10.3. The Morgan fingerprint density at radius 3 is 2.75 bits per heavy atom. The summed E-state index contributed by atoms with van der Waals surface area (Å²) >= 11 is 5.50. The highest BCUT2D eigenvalue weighted by molar-refractivity contribution is 6.32. The van der Waals surface area contributed by atoms with Crippen LogP contribution < -0.4 is 10.5 Å². The number of hydrogen-bond donors (Lipinski definition) is 2. The van der Waals surface area contributed by atoms with Crippen molar-refractivity contribution < 1.29 is 14.6 Å². The molecular formula is C7H6ClNO3. The first-order valence-corrected chi connectivity index (χ1v) is 3.43. The number of hydrogen-bond acceptors (Lipinski definition) is 3. The zero-order valence-corrected chi connectivity index (χ0v) is 6.71. The monoisotopic (exact) mass is 187 g/mol. The lowest BCUT2D eigenvalue weighted by Gasteiger charge is -2.01. The number of carbonyl (C=O) groups excluding carboxylic acids is 1. The van der Waals surface area contributed by atoms with Crippen molar-refractivity contribution in [2.75, 3.05) is 0 Å². The van der Waals surface area contributed by atoms with Crippen molar-refractivity contribution in [2.45, 2.75) is 0 Å². The molecule has 5 heteroatoms. The van der Waals surface area contributed by atoms with Crippen LogP contribution in [0.5, 0.6) is 11.5 Å². The number of rotatable bonds is 1. The van der Waals surface area contributed by atoms with Gasteiger partial charge in [-0.1, -0.05) is 11.6 Å². The summed E-state index contributed by atoms with van der Waals surface area (Å²) < 4.78 is 4.47. The first kappa shape index (κ1) is 8.67. The van der Waals surface area contributed by atoms with E-state index in [4.69, 9.17) is 22.4 Å². The summed E-state index contributed by atoms with van der Waals surface area (Å²) in [5, 5.41) is 9.24. The quantitative estimate of drug-likeness (QED) is 0.700. The van der Waals surface area contributed by atoms with Gasteiger partial charge in [-0.2, -0.15) is 0 Å². The van der Waals surface area contributed by atoms with Crippen LogP contribution >= 0.6 is 11.6 Å². The van der Waals surface area contributed by atoms with E-state index in [0.29, 0.717) is 0 Å². The number of carbonyl (C=O) groups is 1. The molecule has 1 amide bonds. The van der Waals surface area contributed by atoms with Crippen molar-refractivity contribution in [3.8, 4) is 11.5 Å². The van der Waals surface area contributed by atoms with Crippen LogP contribution in [0.15, 0.2) is 18.2 Å². The number of aromatic hydroxyl groups is 1. The average molecular weight is 188 g/mol. The molecule has 0 fully saturated rings. The van der Waals surface area contributed by atoms with E-state index in [-0.39, 0.29) is 16.5 Å². The molecule has 1 aromatic carbocycles. The van der Waals surface area contributed by atoms with Crippen LogP contribution in [0.4, 0.5) is 4.79 Å². The molecule has 0 unspecified atom stereocenters.